The second-order valence-electron chi connectivity index (χ2n) is 8.45. The van der Waals surface area contributed by atoms with Crippen molar-refractivity contribution in [3.63, 3.8) is 0 Å². The van der Waals surface area contributed by atoms with Crippen molar-refractivity contribution in [3.8, 4) is 0 Å². The van der Waals surface area contributed by atoms with Crippen LogP contribution in [0.15, 0.2) is 108 Å². The van der Waals surface area contributed by atoms with Gasteiger partial charge in [0.15, 0.2) is 5.76 Å². The highest BCUT2D eigenvalue weighted by molar-refractivity contribution is 6.09. The first-order valence-electron chi connectivity index (χ1n) is 12.6. The fraction of sp³-hybridized carbons (Fsp3) is 0.333. The van der Waals surface area contributed by atoms with Gasteiger partial charge in [-0.15, -0.1) is 0 Å². The maximum Gasteiger partial charge on any atom is 0.300 e. The second-order valence-corrected chi connectivity index (χ2v) is 8.45. The number of allylic oxidation sites excluding steroid dienone is 8. The first-order valence-corrected chi connectivity index (χ1v) is 12.6. The molecule has 0 spiro atoms. The molecule has 1 aromatic rings. The zero-order valence-electron chi connectivity index (χ0n) is 21.2. The molecular formula is C30H37N3O2. The molecule has 0 N–H and O–H groups in total. The summed E-state index contributed by atoms with van der Waals surface area (Å²) in [5, 5.41) is 0. The number of hydrogen-bond acceptors (Lipinski definition) is 4. The fourth-order valence-corrected chi connectivity index (χ4v) is 4.30. The molecule has 1 aromatic carbocycles. The van der Waals surface area contributed by atoms with Gasteiger partial charge in [-0.05, 0) is 70.0 Å². The molecule has 5 heteroatoms. The number of ether oxygens (including phenoxy) is 1. The first-order chi connectivity index (χ1) is 17.1. The number of nitrogens with zero attached hydrogens (tertiary/aromatic N) is 3. The summed E-state index contributed by atoms with van der Waals surface area (Å²) in [6.07, 6.45) is 21.2. The summed E-state index contributed by atoms with van der Waals surface area (Å²) < 4.78 is 5.89. The molecule has 35 heavy (non-hydrogen) atoms. The highest BCUT2D eigenvalue weighted by Gasteiger charge is 2.34. The molecule has 0 radical (unpaired) electrons. The number of benzene rings is 1. The maximum absolute atomic E-state index is 12.8. The molecule has 1 aliphatic carbocycles. The summed E-state index contributed by atoms with van der Waals surface area (Å²) in [7, 11) is 0. The Bertz CT molecular complexity index is 1050. The van der Waals surface area contributed by atoms with Crippen LogP contribution >= 0.6 is 0 Å². The average molecular weight is 472 g/mol. The fourth-order valence-electron chi connectivity index (χ4n) is 4.30. The minimum atomic E-state index is -0.141. The van der Waals surface area contributed by atoms with Crippen LogP contribution in [0.3, 0.4) is 0 Å². The Balaban J connectivity index is 1.84. The van der Waals surface area contributed by atoms with Crippen molar-refractivity contribution in [1.82, 2.24) is 4.90 Å². The number of rotatable bonds is 9. The summed E-state index contributed by atoms with van der Waals surface area (Å²) in [4.78, 5) is 21.4. The standard InChI is InChI=1S/C30H37N3O2/c1-5-17-26(33(25(6-2)7-3)27-20-13-10-14-21-27)22-15-16-23-28-29(34)32(8-4)30(35-28)31-24-18-11-9-12-19-24/h5-7,10,13-17,20-24H,2,8-9,11-12,18-19H2,1,3-4H3/b16-15+,17-5-,25-7+,26-22+,28-23+,31-30?. The Labute approximate surface area is 210 Å². The highest BCUT2D eigenvalue weighted by Crippen LogP contribution is 2.26. The van der Waals surface area contributed by atoms with Crippen LogP contribution in [-0.4, -0.2) is 29.4 Å². The number of aliphatic imine (C=N–C) groups is 1. The average Bonchev–Trinajstić information content (AvgIpc) is 3.19. The van der Waals surface area contributed by atoms with E-state index >= 15 is 0 Å². The van der Waals surface area contributed by atoms with E-state index < -0.39 is 0 Å². The number of carbonyl (C=O) groups is 1. The van der Waals surface area contributed by atoms with Gasteiger partial charge in [-0.2, -0.15) is 0 Å². The summed E-state index contributed by atoms with van der Waals surface area (Å²) in [6, 6.07) is 10.8. The number of likely N-dealkylation sites (N-methyl/N-ethyl adjacent to an activating group) is 1. The van der Waals surface area contributed by atoms with Gasteiger partial charge in [-0.1, -0.05) is 68.3 Å². The summed E-state index contributed by atoms with van der Waals surface area (Å²) >= 11 is 0. The van der Waals surface area contributed by atoms with Gasteiger partial charge in [-0.25, -0.2) is 4.99 Å². The van der Waals surface area contributed by atoms with Crippen molar-refractivity contribution in [3.05, 3.63) is 103 Å². The minimum Gasteiger partial charge on any atom is -0.420 e. The van der Waals surface area contributed by atoms with Gasteiger partial charge in [0.05, 0.1) is 6.04 Å². The quantitative estimate of drug-likeness (QED) is 0.286. The molecule has 2 aliphatic rings. The predicted octanol–water partition coefficient (Wildman–Crippen LogP) is 7.05. The molecule has 5 nitrogen and oxygen atoms in total. The Morgan fingerprint density at radius 2 is 1.89 bits per heavy atom. The van der Waals surface area contributed by atoms with Gasteiger partial charge in [0.1, 0.15) is 0 Å². The van der Waals surface area contributed by atoms with Gasteiger partial charge in [-0.3, -0.25) is 9.69 Å². The van der Waals surface area contributed by atoms with Crippen LogP contribution in [0.4, 0.5) is 5.69 Å². The third-order valence-corrected chi connectivity index (χ3v) is 6.07. The number of para-hydroxylation sites is 1. The molecule has 1 saturated carbocycles. The van der Waals surface area contributed by atoms with Crippen molar-refractivity contribution in [2.24, 2.45) is 4.99 Å². The lowest BCUT2D eigenvalue weighted by atomic mass is 9.96. The predicted molar refractivity (Wildman–Crippen MR) is 146 cm³/mol. The summed E-state index contributed by atoms with van der Waals surface area (Å²) in [5.74, 6) is 0.164. The van der Waals surface area contributed by atoms with Crippen LogP contribution in [0, 0.1) is 0 Å². The van der Waals surface area contributed by atoms with Crippen molar-refractivity contribution >= 4 is 17.6 Å². The van der Waals surface area contributed by atoms with Crippen molar-refractivity contribution in [2.45, 2.75) is 58.9 Å². The molecule has 0 aromatic heterocycles. The van der Waals surface area contributed by atoms with E-state index in [9.17, 15) is 4.79 Å². The van der Waals surface area contributed by atoms with Crippen LogP contribution < -0.4 is 4.90 Å². The van der Waals surface area contributed by atoms with E-state index in [1.807, 2.05) is 81.5 Å². The molecule has 0 atom stereocenters. The Hall–Kier alpha value is -3.60. The second kappa shape index (κ2) is 13.3. The largest absolute Gasteiger partial charge is 0.420 e. The lowest BCUT2D eigenvalue weighted by Crippen LogP contribution is -2.30. The van der Waals surface area contributed by atoms with Crippen molar-refractivity contribution < 1.29 is 9.53 Å². The van der Waals surface area contributed by atoms with Gasteiger partial charge < -0.3 is 9.64 Å². The molecule has 1 amide bonds. The smallest absolute Gasteiger partial charge is 0.300 e. The van der Waals surface area contributed by atoms with E-state index in [4.69, 9.17) is 9.73 Å². The van der Waals surface area contributed by atoms with Gasteiger partial charge in [0.25, 0.3) is 5.91 Å². The van der Waals surface area contributed by atoms with E-state index in [0.29, 0.717) is 18.3 Å². The zero-order chi connectivity index (χ0) is 25.0. The topological polar surface area (TPSA) is 45.1 Å². The van der Waals surface area contributed by atoms with E-state index in [2.05, 4.69) is 23.6 Å². The molecule has 2 fully saturated rings. The third kappa shape index (κ3) is 6.72. The van der Waals surface area contributed by atoms with Crippen molar-refractivity contribution in [1.29, 1.82) is 0 Å². The zero-order valence-corrected chi connectivity index (χ0v) is 21.2. The van der Waals surface area contributed by atoms with Crippen molar-refractivity contribution in [2.75, 3.05) is 11.4 Å². The number of amides is 1. The van der Waals surface area contributed by atoms with Gasteiger partial charge >= 0.3 is 6.02 Å². The van der Waals surface area contributed by atoms with E-state index in [0.717, 1.165) is 29.9 Å². The van der Waals surface area contributed by atoms with E-state index in [1.54, 1.807) is 11.0 Å². The van der Waals surface area contributed by atoms with Crippen LogP contribution in [0.5, 0.6) is 0 Å². The lowest BCUT2D eigenvalue weighted by molar-refractivity contribution is -0.122. The molecule has 184 valence electrons. The highest BCUT2D eigenvalue weighted by atomic mass is 16.5. The molecular weight excluding hydrogens is 434 g/mol. The van der Waals surface area contributed by atoms with Gasteiger partial charge in [0, 0.05) is 23.6 Å². The van der Waals surface area contributed by atoms with Crippen LogP contribution in [0.1, 0.15) is 52.9 Å². The molecule has 1 aliphatic heterocycles. The Morgan fingerprint density at radius 1 is 1.14 bits per heavy atom. The van der Waals surface area contributed by atoms with Crippen LogP contribution in [0.25, 0.3) is 0 Å². The molecule has 3 rings (SSSR count). The lowest BCUT2D eigenvalue weighted by Gasteiger charge is -2.27. The Morgan fingerprint density at radius 3 is 2.51 bits per heavy atom. The van der Waals surface area contributed by atoms with E-state index in [1.165, 1.54) is 19.3 Å². The SMILES string of the molecule is C=C/C(=C\C)N(C(/C=C\C)=C/C=C/C=C1/OC(=NC2CCCCC2)N(CC)C1=O)c1ccccc1. The molecule has 1 saturated heterocycles. The number of amidine groups is 1. The summed E-state index contributed by atoms with van der Waals surface area (Å²) in [5.41, 5.74) is 2.98. The van der Waals surface area contributed by atoms with Gasteiger partial charge in [0.2, 0.25) is 0 Å². The summed E-state index contributed by atoms with van der Waals surface area (Å²) in [6.45, 7) is 10.5. The number of hydrogen-bond donors (Lipinski definition) is 0. The maximum atomic E-state index is 12.8. The van der Waals surface area contributed by atoms with E-state index in [-0.39, 0.29) is 11.9 Å². The third-order valence-electron chi connectivity index (χ3n) is 6.07. The normalized spacial score (nSPS) is 20.4. The van der Waals surface area contributed by atoms with Crippen LogP contribution in [-0.2, 0) is 9.53 Å². The number of carbonyl (C=O) groups excluding carboxylic acids is 1. The monoisotopic (exact) mass is 471 g/mol. The number of anilines is 1. The first kappa shape index (κ1) is 26.0. The van der Waals surface area contributed by atoms with Crippen LogP contribution in [0.2, 0.25) is 0 Å². The molecule has 0 bridgehead atoms. The molecule has 0 unspecified atom stereocenters. The Kier molecular flexibility index (Phi) is 9.91. The minimum absolute atomic E-state index is 0.141. The molecule has 1 heterocycles.